The Bertz CT molecular complexity index is 1230. The predicted octanol–water partition coefficient (Wildman–Crippen LogP) is 1.06. The van der Waals surface area contributed by atoms with Gasteiger partial charge in [0, 0.05) is 24.5 Å². The molecule has 1 aromatic carbocycles. The summed E-state index contributed by atoms with van der Waals surface area (Å²) in [5, 5.41) is 15.7. The van der Waals surface area contributed by atoms with E-state index >= 15 is 0 Å². The summed E-state index contributed by atoms with van der Waals surface area (Å²) in [5.41, 5.74) is 3.28. The Balaban J connectivity index is 1.57. The summed E-state index contributed by atoms with van der Waals surface area (Å²) < 4.78 is 0. The van der Waals surface area contributed by atoms with Crippen molar-refractivity contribution in [3.8, 4) is 0 Å². The smallest absolute Gasteiger partial charge is 0.358 e. The van der Waals surface area contributed by atoms with E-state index in [4.69, 9.17) is 5.11 Å². The lowest BCUT2D eigenvalue weighted by atomic mass is 10.1. The van der Waals surface area contributed by atoms with E-state index in [1.165, 1.54) is 11.1 Å². The van der Waals surface area contributed by atoms with Gasteiger partial charge in [-0.3, -0.25) is 29.6 Å². The first-order chi connectivity index (χ1) is 17.3. The van der Waals surface area contributed by atoms with Gasteiger partial charge >= 0.3 is 12.0 Å². The van der Waals surface area contributed by atoms with Gasteiger partial charge in [0.25, 0.3) is 5.91 Å². The zero-order valence-corrected chi connectivity index (χ0v) is 19.4. The number of para-hydroxylation sites is 1. The third-order valence-electron chi connectivity index (χ3n) is 6.09. The second-order valence-electron chi connectivity index (χ2n) is 8.47. The Morgan fingerprint density at radius 1 is 1.19 bits per heavy atom. The van der Waals surface area contributed by atoms with Crippen LogP contribution in [0.3, 0.4) is 0 Å². The molecule has 3 N–H and O–H groups in total. The van der Waals surface area contributed by atoms with Crippen molar-refractivity contribution >= 4 is 40.6 Å². The van der Waals surface area contributed by atoms with Gasteiger partial charge < -0.3 is 10.4 Å². The minimum atomic E-state index is -1.12. The first kappa shape index (κ1) is 24.6. The van der Waals surface area contributed by atoms with E-state index in [9.17, 15) is 24.0 Å². The molecule has 4 rings (SSSR count). The van der Waals surface area contributed by atoms with E-state index in [1.54, 1.807) is 24.4 Å². The summed E-state index contributed by atoms with van der Waals surface area (Å²) in [6, 6.07) is 6.00. The number of carboxylic acid groups (broad SMARTS) is 1. The minimum Gasteiger partial charge on any atom is -0.481 e. The predicted molar refractivity (Wildman–Crippen MR) is 127 cm³/mol. The van der Waals surface area contributed by atoms with Crippen molar-refractivity contribution < 1.29 is 29.1 Å². The summed E-state index contributed by atoms with van der Waals surface area (Å²) in [5.74, 6) is -2.68. The minimum absolute atomic E-state index is 0.0566. The topological polar surface area (TPSA) is 152 Å². The van der Waals surface area contributed by atoms with E-state index in [1.807, 2.05) is 12.1 Å². The summed E-state index contributed by atoms with van der Waals surface area (Å²) >= 11 is 0. The number of nitrogens with one attached hydrogen (secondary N) is 2. The molecule has 0 radical (unpaired) electrons. The van der Waals surface area contributed by atoms with Gasteiger partial charge in [-0.2, -0.15) is 0 Å². The quantitative estimate of drug-likeness (QED) is 0.487. The van der Waals surface area contributed by atoms with Crippen LogP contribution in [0.4, 0.5) is 4.79 Å². The van der Waals surface area contributed by atoms with Crippen molar-refractivity contribution in [3.63, 3.8) is 0 Å². The van der Waals surface area contributed by atoms with Crippen LogP contribution in [0.2, 0.25) is 0 Å². The monoisotopic (exact) mass is 494 g/mol. The van der Waals surface area contributed by atoms with Crippen LogP contribution in [0, 0.1) is 0 Å². The number of carbonyl (C=O) groups is 5. The maximum Gasteiger partial charge on any atom is 0.358 e. The Hall–Kier alpha value is -4.48. The lowest BCUT2D eigenvalue weighted by molar-refractivity contribution is -0.155. The number of amides is 5. The number of pyridine rings is 1. The molecule has 12 nitrogen and oxygen atoms in total. The zero-order chi connectivity index (χ0) is 25.8. The molecule has 1 aromatic heterocycles. The molecule has 3 heterocycles. The van der Waals surface area contributed by atoms with Crippen molar-refractivity contribution in [1.82, 2.24) is 30.8 Å². The van der Waals surface area contributed by atoms with Gasteiger partial charge in [-0.25, -0.2) is 19.8 Å². The number of aromatic nitrogens is 1. The van der Waals surface area contributed by atoms with Crippen molar-refractivity contribution in [1.29, 1.82) is 0 Å². The second-order valence-corrected chi connectivity index (χ2v) is 8.47. The molecular weight excluding hydrogens is 468 g/mol. The van der Waals surface area contributed by atoms with E-state index in [0.29, 0.717) is 11.9 Å². The number of hydrogen-bond donors (Lipinski definition) is 3. The maximum absolute atomic E-state index is 13.5. The van der Waals surface area contributed by atoms with Gasteiger partial charge in [0.2, 0.25) is 11.8 Å². The number of carbonyl (C=O) groups excluding carboxylic acids is 4. The summed E-state index contributed by atoms with van der Waals surface area (Å²) in [6.45, 7) is 3.70. The van der Waals surface area contributed by atoms with Gasteiger partial charge in [0.1, 0.15) is 6.04 Å². The number of fused-ring (bicyclic) bond motifs is 2. The molecule has 2 fully saturated rings. The number of nitrogens with zero attached hydrogens (tertiary/aromatic N) is 4. The normalized spacial score (nSPS) is 18.8. The number of rotatable bonds is 7. The molecule has 2 saturated heterocycles. The highest BCUT2D eigenvalue weighted by Crippen LogP contribution is 2.24. The van der Waals surface area contributed by atoms with Crippen LogP contribution in [0.1, 0.15) is 36.0 Å². The first-order valence-corrected chi connectivity index (χ1v) is 11.5. The van der Waals surface area contributed by atoms with E-state index in [-0.39, 0.29) is 43.8 Å². The zero-order valence-electron chi connectivity index (χ0n) is 19.4. The molecule has 188 valence electrons. The fourth-order valence-corrected chi connectivity index (χ4v) is 4.35. The van der Waals surface area contributed by atoms with Gasteiger partial charge in [-0.05, 0) is 25.0 Å². The molecule has 2 aliphatic rings. The number of carboxylic acids is 1. The van der Waals surface area contributed by atoms with Gasteiger partial charge in [-0.15, -0.1) is 6.58 Å². The number of hydrogen-bond acceptors (Lipinski definition) is 6. The van der Waals surface area contributed by atoms with Crippen LogP contribution in [-0.2, 0) is 14.4 Å². The SMILES string of the molecule is C=CC(CC(=O)O)NC(=O)[C@@H]1CCCN2C(=O)CCN(NC(=O)c3cccc4cccnc34)C(=O)N12. The largest absolute Gasteiger partial charge is 0.481 e. The van der Waals surface area contributed by atoms with E-state index < -0.39 is 35.9 Å². The van der Waals surface area contributed by atoms with Gasteiger partial charge in [0.05, 0.1) is 30.1 Å². The van der Waals surface area contributed by atoms with Gasteiger partial charge in [-0.1, -0.05) is 24.3 Å². The molecule has 36 heavy (non-hydrogen) atoms. The first-order valence-electron chi connectivity index (χ1n) is 11.5. The van der Waals surface area contributed by atoms with Crippen molar-refractivity contribution in [3.05, 3.63) is 54.7 Å². The van der Waals surface area contributed by atoms with Crippen LogP contribution in [0.25, 0.3) is 10.9 Å². The standard InChI is InChI=1S/C24H26N6O6/c1-2-16(14-20(32)33)26-23(35)18-9-5-12-29-19(31)10-13-28(24(36)30(18)29)27-22(34)17-8-3-6-15-7-4-11-25-21(15)17/h2-4,6-8,11,16,18H,1,5,9-10,12-14H2,(H,26,35)(H,27,34)(H,32,33)/t16?,18-/m0/s1. The third-order valence-corrected chi connectivity index (χ3v) is 6.09. The fourth-order valence-electron chi connectivity index (χ4n) is 4.35. The Morgan fingerprint density at radius 2 is 1.97 bits per heavy atom. The van der Waals surface area contributed by atoms with Crippen LogP contribution >= 0.6 is 0 Å². The van der Waals surface area contributed by atoms with Crippen LogP contribution in [-0.4, -0.2) is 80.0 Å². The third kappa shape index (κ3) is 4.97. The molecule has 2 aliphatic heterocycles. The van der Waals surface area contributed by atoms with Crippen molar-refractivity contribution in [2.24, 2.45) is 0 Å². The number of urea groups is 1. The molecule has 2 aromatic rings. The van der Waals surface area contributed by atoms with Crippen LogP contribution < -0.4 is 10.7 Å². The lowest BCUT2D eigenvalue weighted by Crippen LogP contribution is -2.64. The Kier molecular flexibility index (Phi) is 7.13. The Morgan fingerprint density at radius 3 is 2.72 bits per heavy atom. The number of aliphatic carboxylic acids is 1. The summed E-state index contributed by atoms with van der Waals surface area (Å²) in [6.07, 6.45) is 3.16. The molecular formula is C24H26N6O6. The maximum atomic E-state index is 13.5. The number of benzene rings is 1. The van der Waals surface area contributed by atoms with Gasteiger partial charge in [0.15, 0.2) is 0 Å². The molecule has 0 aliphatic carbocycles. The van der Waals surface area contributed by atoms with Crippen molar-refractivity contribution in [2.75, 3.05) is 13.1 Å². The van der Waals surface area contributed by atoms with Crippen LogP contribution in [0.5, 0.6) is 0 Å². The average molecular weight is 495 g/mol. The molecule has 1 unspecified atom stereocenters. The second kappa shape index (κ2) is 10.4. The van der Waals surface area contributed by atoms with E-state index in [2.05, 4.69) is 22.3 Å². The lowest BCUT2D eigenvalue weighted by Gasteiger charge is -2.43. The fraction of sp³-hybridized carbons (Fsp3) is 0.333. The molecule has 0 saturated carbocycles. The molecule has 0 spiro atoms. The number of hydrazine groups is 2. The summed E-state index contributed by atoms with van der Waals surface area (Å²) in [4.78, 5) is 67.9. The van der Waals surface area contributed by atoms with Crippen molar-refractivity contribution in [2.45, 2.75) is 37.8 Å². The Labute approximate surface area is 206 Å². The highest BCUT2D eigenvalue weighted by Gasteiger charge is 2.44. The average Bonchev–Trinajstić information content (AvgIpc) is 2.99. The highest BCUT2D eigenvalue weighted by molar-refractivity contribution is 6.06. The summed E-state index contributed by atoms with van der Waals surface area (Å²) in [7, 11) is 0. The molecule has 2 atom stereocenters. The highest BCUT2D eigenvalue weighted by atomic mass is 16.4. The molecule has 0 bridgehead atoms. The molecule has 12 heteroatoms. The van der Waals surface area contributed by atoms with Crippen LogP contribution in [0.15, 0.2) is 49.2 Å². The van der Waals surface area contributed by atoms with E-state index in [0.717, 1.165) is 15.4 Å². The molecule has 5 amide bonds.